The summed E-state index contributed by atoms with van der Waals surface area (Å²) in [5.74, 6) is 2.55. The van der Waals surface area contributed by atoms with Gasteiger partial charge in [0.25, 0.3) is 0 Å². The lowest BCUT2D eigenvalue weighted by atomic mass is 10.2. The van der Waals surface area contributed by atoms with Crippen LogP contribution in [0.3, 0.4) is 0 Å². The molecule has 1 aromatic carbocycles. The van der Waals surface area contributed by atoms with Crippen molar-refractivity contribution in [3.8, 4) is 23.0 Å². The molecule has 2 aliphatic rings. The minimum absolute atomic E-state index is 0.377. The number of fused-ring (bicyclic) bond motifs is 1. The first-order chi connectivity index (χ1) is 13.0. The molecule has 3 rings (SSSR count). The molecule has 0 amide bonds. The summed E-state index contributed by atoms with van der Waals surface area (Å²) < 4.78 is 12.7. The van der Waals surface area contributed by atoms with Gasteiger partial charge in [0.15, 0.2) is 22.5 Å². The minimum atomic E-state index is 0.377. The summed E-state index contributed by atoms with van der Waals surface area (Å²) in [7, 11) is 3.25. The van der Waals surface area contributed by atoms with E-state index in [1.54, 1.807) is 20.5 Å². The molecule has 27 heavy (non-hydrogen) atoms. The number of nitrogens with two attached hydrogens (primary N) is 1. The molecule has 0 atom stereocenters. The molecule has 0 spiro atoms. The topological polar surface area (TPSA) is 88.1 Å². The smallest absolute Gasteiger partial charge is 0.195 e. The van der Waals surface area contributed by atoms with Crippen LogP contribution >= 0.6 is 11.8 Å². The number of nitrogen functional groups attached to an aromatic ring is 1. The normalized spacial score (nSPS) is 10.9. The summed E-state index contributed by atoms with van der Waals surface area (Å²) in [6, 6.07) is 5.63. The Morgan fingerprint density at radius 2 is 2.07 bits per heavy atom. The Bertz CT molecular complexity index is 925. The molecule has 0 radical (unpaired) electrons. The molecule has 0 saturated heterocycles. The highest BCUT2D eigenvalue weighted by molar-refractivity contribution is 7.99. The second-order valence-corrected chi connectivity index (χ2v) is 7.19. The van der Waals surface area contributed by atoms with E-state index >= 15 is 0 Å². The molecule has 0 aliphatic carbocycles. The molecule has 0 fully saturated rings. The molecule has 1 aromatic rings. The van der Waals surface area contributed by atoms with Crippen molar-refractivity contribution >= 4 is 17.6 Å². The number of aryl methyl sites for hydroxylation is 1. The van der Waals surface area contributed by atoms with Crippen LogP contribution in [0.1, 0.15) is 19.8 Å². The summed E-state index contributed by atoms with van der Waals surface area (Å²) in [5, 5.41) is 0.599. The van der Waals surface area contributed by atoms with Gasteiger partial charge in [0.1, 0.15) is 11.5 Å². The van der Waals surface area contributed by atoms with Gasteiger partial charge in [-0.3, -0.25) is 0 Å². The van der Waals surface area contributed by atoms with Crippen LogP contribution in [0.4, 0.5) is 5.82 Å². The van der Waals surface area contributed by atoms with Crippen LogP contribution < -0.4 is 15.2 Å². The van der Waals surface area contributed by atoms with Crippen LogP contribution in [0.25, 0.3) is 11.5 Å². The van der Waals surface area contributed by atoms with E-state index in [-0.39, 0.29) is 0 Å². The molecule has 0 aromatic heterocycles. The van der Waals surface area contributed by atoms with Gasteiger partial charge < -0.3 is 19.8 Å². The molecule has 0 unspecified atom stereocenters. The summed E-state index contributed by atoms with van der Waals surface area (Å²) in [5.41, 5.74) is 7.78. The molecular formula is C19H23N5O2S. The molecule has 0 saturated carbocycles. The Labute approximate surface area is 163 Å². The molecule has 2 N–H and O–H groups in total. The molecular weight excluding hydrogens is 362 g/mol. The van der Waals surface area contributed by atoms with Gasteiger partial charge in [-0.05, 0) is 43.7 Å². The Hall–Kier alpha value is -2.74. The SMILES string of the molecule is C=C(C)CCCn1cnc(N)c2nc(Sc3ccc(OC)cc3OC)nc1-2. The minimum Gasteiger partial charge on any atom is -0.497 e. The van der Waals surface area contributed by atoms with Crippen LogP contribution in [-0.4, -0.2) is 33.7 Å². The van der Waals surface area contributed by atoms with Crippen molar-refractivity contribution in [3.63, 3.8) is 0 Å². The van der Waals surface area contributed by atoms with Gasteiger partial charge in [-0.1, -0.05) is 5.57 Å². The first-order valence-electron chi connectivity index (χ1n) is 8.54. The summed E-state index contributed by atoms with van der Waals surface area (Å²) in [6.45, 7) is 6.76. The number of hydrogen-bond donors (Lipinski definition) is 1. The molecule has 8 heteroatoms. The number of benzene rings is 1. The maximum Gasteiger partial charge on any atom is 0.195 e. The van der Waals surface area contributed by atoms with Gasteiger partial charge in [-0.2, -0.15) is 0 Å². The third kappa shape index (κ3) is 4.33. The first kappa shape index (κ1) is 19.0. The molecule has 7 nitrogen and oxygen atoms in total. The van der Waals surface area contributed by atoms with Gasteiger partial charge in [0.2, 0.25) is 0 Å². The average molecular weight is 385 g/mol. The van der Waals surface area contributed by atoms with Crippen molar-refractivity contribution in [2.45, 2.75) is 36.4 Å². The maximum absolute atomic E-state index is 6.01. The van der Waals surface area contributed by atoms with Crippen molar-refractivity contribution in [3.05, 3.63) is 36.7 Å². The number of aromatic nitrogens is 4. The lowest BCUT2D eigenvalue weighted by Crippen LogP contribution is -2.08. The summed E-state index contributed by atoms with van der Waals surface area (Å²) >= 11 is 1.42. The second kappa shape index (κ2) is 8.30. The maximum atomic E-state index is 6.01. The number of hydrogen-bond acceptors (Lipinski definition) is 7. The largest absolute Gasteiger partial charge is 0.497 e. The molecule has 2 heterocycles. The number of imidazole rings is 1. The monoisotopic (exact) mass is 385 g/mol. The molecule has 2 aliphatic heterocycles. The van der Waals surface area contributed by atoms with Gasteiger partial charge in [-0.25, -0.2) is 15.0 Å². The zero-order valence-electron chi connectivity index (χ0n) is 15.7. The number of methoxy groups -OCH3 is 2. The number of ether oxygens (including phenoxy) is 2. The standard InChI is InChI=1S/C19H23N5O2S/c1-12(2)6-5-9-24-11-21-17(20)16-18(24)23-19(22-16)27-15-8-7-13(25-3)10-14(15)26-4/h7-8,10-11H,1,5-6,9,20H2,2-4H3. The predicted molar refractivity (Wildman–Crippen MR) is 107 cm³/mol. The summed E-state index contributed by atoms with van der Waals surface area (Å²) in [6.07, 6.45) is 3.63. The fourth-order valence-corrected chi connectivity index (χ4v) is 3.50. The fourth-order valence-electron chi connectivity index (χ4n) is 2.65. The number of rotatable bonds is 8. The van der Waals surface area contributed by atoms with Crippen LogP contribution in [0.15, 0.2) is 46.7 Å². The highest BCUT2D eigenvalue weighted by atomic mass is 32.2. The van der Waals surface area contributed by atoms with E-state index in [0.29, 0.717) is 22.4 Å². The second-order valence-electron chi connectivity index (χ2n) is 6.18. The van der Waals surface area contributed by atoms with Crippen molar-refractivity contribution in [2.75, 3.05) is 20.0 Å². The Balaban J connectivity index is 1.89. The van der Waals surface area contributed by atoms with E-state index in [1.165, 1.54) is 11.8 Å². The number of nitrogens with zero attached hydrogens (tertiary/aromatic N) is 4. The predicted octanol–water partition coefficient (Wildman–Crippen LogP) is 3.88. The van der Waals surface area contributed by atoms with E-state index < -0.39 is 0 Å². The van der Waals surface area contributed by atoms with Crippen molar-refractivity contribution in [1.29, 1.82) is 0 Å². The quantitative estimate of drug-likeness (QED) is 0.589. The summed E-state index contributed by atoms with van der Waals surface area (Å²) in [4.78, 5) is 14.4. The van der Waals surface area contributed by atoms with Gasteiger partial charge >= 0.3 is 0 Å². The van der Waals surface area contributed by atoms with Crippen LogP contribution in [0.2, 0.25) is 0 Å². The van der Waals surface area contributed by atoms with Crippen molar-refractivity contribution in [1.82, 2.24) is 19.5 Å². The average Bonchev–Trinajstić information content (AvgIpc) is 3.08. The molecule has 142 valence electrons. The third-order valence-electron chi connectivity index (χ3n) is 4.05. The van der Waals surface area contributed by atoms with Crippen LogP contribution in [0.5, 0.6) is 11.5 Å². The lowest BCUT2D eigenvalue weighted by molar-refractivity contribution is 0.387. The van der Waals surface area contributed by atoms with E-state index in [0.717, 1.165) is 41.4 Å². The van der Waals surface area contributed by atoms with Crippen molar-refractivity contribution in [2.24, 2.45) is 0 Å². The Kier molecular flexibility index (Phi) is 5.85. The lowest BCUT2D eigenvalue weighted by Gasteiger charge is -2.10. The van der Waals surface area contributed by atoms with Gasteiger partial charge in [0, 0.05) is 12.6 Å². The number of anilines is 1. The van der Waals surface area contributed by atoms with Crippen molar-refractivity contribution < 1.29 is 9.47 Å². The molecule has 0 bridgehead atoms. The first-order valence-corrected chi connectivity index (χ1v) is 9.36. The van der Waals surface area contributed by atoms with E-state index in [9.17, 15) is 0 Å². The van der Waals surface area contributed by atoms with E-state index in [2.05, 4.69) is 21.5 Å². The highest BCUT2D eigenvalue weighted by Crippen LogP contribution is 2.38. The van der Waals surface area contributed by atoms with E-state index in [1.807, 2.05) is 29.7 Å². The fraction of sp³-hybridized carbons (Fsp3) is 0.316. The van der Waals surface area contributed by atoms with Gasteiger partial charge in [-0.15, -0.1) is 6.58 Å². The highest BCUT2D eigenvalue weighted by Gasteiger charge is 2.20. The zero-order valence-corrected chi connectivity index (χ0v) is 16.5. The zero-order chi connectivity index (χ0) is 19.4. The Morgan fingerprint density at radius 3 is 2.78 bits per heavy atom. The third-order valence-corrected chi connectivity index (χ3v) is 4.97. The van der Waals surface area contributed by atoms with E-state index in [4.69, 9.17) is 15.2 Å². The Morgan fingerprint density at radius 1 is 1.26 bits per heavy atom. The number of allylic oxidation sites excluding steroid dienone is 1. The van der Waals surface area contributed by atoms with Crippen LogP contribution in [-0.2, 0) is 6.54 Å². The van der Waals surface area contributed by atoms with Gasteiger partial charge in [0.05, 0.1) is 25.4 Å². The van der Waals surface area contributed by atoms with Crippen LogP contribution in [0, 0.1) is 0 Å².